The van der Waals surface area contributed by atoms with Gasteiger partial charge in [0.25, 0.3) is 0 Å². The van der Waals surface area contributed by atoms with E-state index >= 15 is 0 Å². The van der Waals surface area contributed by atoms with Gasteiger partial charge in [-0.25, -0.2) is 0 Å². The van der Waals surface area contributed by atoms with Crippen LogP contribution in [0.1, 0.15) is 57.6 Å². The highest BCUT2D eigenvalue weighted by Crippen LogP contribution is 2.30. The number of esters is 1. The predicted octanol–water partition coefficient (Wildman–Crippen LogP) is 4.42. The van der Waals surface area contributed by atoms with Crippen molar-refractivity contribution < 1.29 is 9.53 Å². The fourth-order valence-corrected chi connectivity index (χ4v) is 5.82. The first-order valence-corrected chi connectivity index (χ1v) is 13.9. The van der Waals surface area contributed by atoms with E-state index in [0.29, 0.717) is 11.0 Å². The van der Waals surface area contributed by atoms with Crippen LogP contribution in [0, 0.1) is 0 Å². The van der Waals surface area contributed by atoms with Crippen LogP contribution in [0.15, 0.2) is 54.6 Å². The summed E-state index contributed by atoms with van der Waals surface area (Å²) in [5.74, 6) is -0.0477. The summed E-state index contributed by atoms with van der Waals surface area (Å²) in [4.78, 5) is 21.3. The summed E-state index contributed by atoms with van der Waals surface area (Å²) in [5, 5.41) is 0. The highest BCUT2D eigenvalue weighted by Gasteiger charge is 2.38. The Hall–Kier alpha value is -2.48. The van der Waals surface area contributed by atoms with Gasteiger partial charge in [0.2, 0.25) is 0 Å². The zero-order valence-corrected chi connectivity index (χ0v) is 23.5. The van der Waals surface area contributed by atoms with Gasteiger partial charge in [-0.15, -0.1) is 0 Å². The number of rotatable bonds is 7. The lowest BCUT2D eigenvalue weighted by Gasteiger charge is -2.45. The molecule has 2 fully saturated rings. The highest BCUT2D eigenvalue weighted by molar-refractivity contribution is 7.80. The average molecular weight is 523 g/mol. The number of benzene rings is 2. The van der Waals surface area contributed by atoms with Crippen molar-refractivity contribution in [3.8, 4) is 0 Å². The van der Waals surface area contributed by atoms with Gasteiger partial charge in [0.05, 0.1) is 0 Å². The van der Waals surface area contributed by atoms with Gasteiger partial charge in [-0.3, -0.25) is 14.6 Å². The number of anilines is 1. The molecule has 2 aromatic carbocycles. The number of piperidine rings is 1. The molecule has 0 bridgehead atoms. The lowest BCUT2D eigenvalue weighted by molar-refractivity contribution is -0.163. The molecule has 2 aliphatic rings. The molecule has 2 saturated heterocycles. The van der Waals surface area contributed by atoms with Gasteiger partial charge >= 0.3 is 5.97 Å². The third-order valence-electron chi connectivity index (χ3n) is 7.69. The third-order valence-corrected chi connectivity index (χ3v) is 7.92. The van der Waals surface area contributed by atoms with Crippen LogP contribution >= 0.6 is 12.2 Å². The van der Waals surface area contributed by atoms with Crippen molar-refractivity contribution >= 4 is 28.9 Å². The van der Waals surface area contributed by atoms with E-state index in [9.17, 15) is 4.79 Å². The molecule has 2 aliphatic heterocycles. The Kier molecular flexibility index (Phi) is 8.88. The summed E-state index contributed by atoms with van der Waals surface area (Å²) >= 11 is 5.08. The summed E-state index contributed by atoms with van der Waals surface area (Å²) in [5.41, 5.74) is 8.56. The lowest BCUT2D eigenvalue weighted by atomic mass is 9.90. The van der Waals surface area contributed by atoms with Crippen LogP contribution < -0.4 is 10.6 Å². The van der Waals surface area contributed by atoms with E-state index in [-0.39, 0.29) is 17.9 Å². The SMILES string of the molecule is CC(c1ccccc1)C(C(=O)OC(C)(C)C)N1CCC(N2CCN(c3ccc(C(N)=S)cc3)CC2)CC1. The Labute approximate surface area is 227 Å². The van der Waals surface area contributed by atoms with E-state index in [1.807, 2.05) is 51.1 Å². The molecule has 2 unspecified atom stereocenters. The van der Waals surface area contributed by atoms with Gasteiger partial charge in [-0.1, -0.05) is 49.5 Å². The fraction of sp³-hybridized carbons (Fsp3) is 0.533. The van der Waals surface area contributed by atoms with E-state index in [0.717, 1.165) is 57.7 Å². The molecule has 0 amide bonds. The summed E-state index contributed by atoms with van der Waals surface area (Å²) in [6, 6.07) is 18.9. The zero-order valence-electron chi connectivity index (χ0n) is 22.7. The van der Waals surface area contributed by atoms with Crippen LogP contribution in [0.2, 0.25) is 0 Å². The van der Waals surface area contributed by atoms with Crippen LogP contribution in [-0.2, 0) is 9.53 Å². The van der Waals surface area contributed by atoms with E-state index in [4.69, 9.17) is 22.7 Å². The van der Waals surface area contributed by atoms with Crippen LogP contribution in [0.5, 0.6) is 0 Å². The molecule has 7 heteroatoms. The normalized spacial score (nSPS) is 19.8. The fourth-order valence-electron chi connectivity index (χ4n) is 5.68. The molecular weight excluding hydrogens is 480 g/mol. The molecule has 37 heavy (non-hydrogen) atoms. The first kappa shape index (κ1) is 27.6. The molecule has 4 rings (SSSR count). The van der Waals surface area contributed by atoms with Crippen molar-refractivity contribution in [3.63, 3.8) is 0 Å². The smallest absolute Gasteiger partial charge is 0.324 e. The Morgan fingerprint density at radius 3 is 2.08 bits per heavy atom. The molecule has 2 heterocycles. The van der Waals surface area contributed by atoms with Crippen molar-refractivity contribution in [2.75, 3.05) is 44.2 Å². The Bertz CT molecular complexity index is 1040. The predicted molar refractivity (Wildman–Crippen MR) is 155 cm³/mol. The third kappa shape index (κ3) is 7.09. The number of piperazine rings is 1. The number of carbonyl (C=O) groups excluding carboxylic acids is 1. The number of nitrogens with two attached hydrogens (primary N) is 1. The van der Waals surface area contributed by atoms with Gasteiger partial charge in [0, 0.05) is 62.5 Å². The molecule has 200 valence electrons. The van der Waals surface area contributed by atoms with Gasteiger partial charge in [-0.05, 0) is 63.4 Å². The summed E-state index contributed by atoms with van der Waals surface area (Å²) in [6.45, 7) is 13.9. The second kappa shape index (κ2) is 11.9. The minimum atomic E-state index is -0.500. The highest BCUT2D eigenvalue weighted by atomic mass is 32.1. The second-order valence-electron chi connectivity index (χ2n) is 11.4. The number of likely N-dealkylation sites (tertiary alicyclic amines) is 1. The molecule has 0 spiro atoms. The minimum Gasteiger partial charge on any atom is -0.459 e. The summed E-state index contributed by atoms with van der Waals surface area (Å²) in [6.07, 6.45) is 2.15. The maximum Gasteiger partial charge on any atom is 0.324 e. The van der Waals surface area contributed by atoms with E-state index < -0.39 is 5.60 Å². The van der Waals surface area contributed by atoms with Gasteiger partial charge < -0.3 is 15.4 Å². The first-order chi connectivity index (χ1) is 17.6. The number of thiocarbonyl (C=S) groups is 1. The second-order valence-corrected chi connectivity index (χ2v) is 11.8. The lowest BCUT2D eigenvalue weighted by Crippen LogP contribution is -2.56. The Balaban J connectivity index is 1.35. The average Bonchev–Trinajstić information content (AvgIpc) is 2.89. The molecule has 2 N–H and O–H groups in total. The van der Waals surface area contributed by atoms with E-state index in [2.05, 4.69) is 45.9 Å². The molecular formula is C30H42N4O2S. The number of nitrogens with zero attached hydrogens (tertiary/aromatic N) is 3. The summed E-state index contributed by atoms with van der Waals surface area (Å²) < 4.78 is 5.90. The summed E-state index contributed by atoms with van der Waals surface area (Å²) in [7, 11) is 0. The number of carbonyl (C=O) groups is 1. The van der Waals surface area contributed by atoms with Gasteiger partial charge in [0.15, 0.2) is 0 Å². The van der Waals surface area contributed by atoms with Crippen LogP contribution in [0.4, 0.5) is 5.69 Å². The van der Waals surface area contributed by atoms with Crippen molar-refractivity contribution in [2.24, 2.45) is 5.73 Å². The van der Waals surface area contributed by atoms with Crippen molar-refractivity contribution in [1.29, 1.82) is 0 Å². The van der Waals surface area contributed by atoms with Crippen molar-refractivity contribution in [3.05, 3.63) is 65.7 Å². The Morgan fingerprint density at radius 2 is 1.54 bits per heavy atom. The zero-order chi connectivity index (χ0) is 26.6. The quantitative estimate of drug-likeness (QED) is 0.427. The Morgan fingerprint density at radius 1 is 0.946 bits per heavy atom. The molecule has 2 aromatic rings. The van der Waals surface area contributed by atoms with Gasteiger partial charge in [-0.2, -0.15) is 0 Å². The largest absolute Gasteiger partial charge is 0.459 e. The van der Waals surface area contributed by atoms with Crippen molar-refractivity contribution in [2.45, 2.75) is 64.1 Å². The minimum absolute atomic E-state index is 0.0659. The maximum atomic E-state index is 13.4. The van der Waals surface area contributed by atoms with Crippen molar-refractivity contribution in [1.82, 2.24) is 9.80 Å². The van der Waals surface area contributed by atoms with Crippen LogP contribution in [0.25, 0.3) is 0 Å². The first-order valence-electron chi connectivity index (χ1n) is 13.5. The van der Waals surface area contributed by atoms with Gasteiger partial charge in [0.1, 0.15) is 16.6 Å². The van der Waals surface area contributed by atoms with E-state index in [1.165, 1.54) is 11.3 Å². The topological polar surface area (TPSA) is 62.0 Å². The standard InChI is InChI=1S/C30H42N4O2S/c1-22(23-8-6-5-7-9-23)27(29(35)36-30(2,3)4)34-16-14-26(15-17-34)33-20-18-32(19-21-33)25-12-10-24(11-13-25)28(31)37/h5-13,22,26-27H,14-21H2,1-4H3,(H2,31,37). The maximum absolute atomic E-state index is 13.4. The monoisotopic (exact) mass is 522 g/mol. The molecule has 0 saturated carbocycles. The molecule has 0 aliphatic carbocycles. The molecule has 6 nitrogen and oxygen atoms in total. The number of hydrogen-bond acceptors (Lipinski definition) is 6. The molecule has 2 atom stereocenters. The number of ether oxygens (including phenoxy) is 1. The molecule has 0 aromatic heterocycles. The van der Waals surface area contributed by atoms with Crippen LogP contribution in [-0.4, -0.2) is 77.7 Å². The van der Waals surface area contributed by atoms with Crippen LogP contribution in [0.3, 0.4) is 0 Å². The van der Waals surface area contributed by atoms with E-state index in [1.54, 1.807) is 0 Å². The number of hydrogen-bond donors (Lipinski definition) is 1. The molecule has 0 radical (unpaired) electrons.